The number of fused-ring (bicyclic) bond motifs is 3. The molecule has 1 N–H and O–H groups in total. The monoisotopic (exact) mass is 393 g/mol. The fraction of sp³-hybridized carbons (Fsp3) is 0.727. The van der Waals surface area contributed by atoms with E-state index in [4.69, 9.17) is 18.9 Å². The smallest absolute Gasteiger partial charge is 0.161 e. The molecule has 0 spiro atoms. The topological polar surface area (TPSA) is 60.4 Å². The zero-order chi connectivity index (χ0) is 20.3. The Morgan fingerprint density at radius 2 is 1.93 bits per heavy atom. The Kier molecular flexibility index (Phi) is 6.86. The molecule has 2 aliphatic heterocycles. The quantitative estimate of drug-likeness (QED) is 0.719. The van der Waals surface area contributed by atoms with Crippen molar-refractivity contribution in [2.45, 2.75) is 63.9 Å². The molecule has 6 nitrogen and oxygen atoms in total. The van der Waals surface area contributed by atoms with Crippen LogP contribution in [0.4, 0.5) is 0 Å². The summed E-state index contributed by atoms with van der Waals surface area (Å²) in [5, 5.41) is 10.7. The predicted octanol–water partition coefficient (Wildman–Crippen LogP) is 2.96. The third-order valence-electron chi connectivity index (χ3n) is 5.46. The Labute approximate surface area is 168 Å². The maximum Gasteiger partial charge on any atom is 0.161 e. The summed E-state index contributed by atoms with van der Waals surface area (Å²) < 4.78 is 22.7. The second-order valence-corrected chi connectivity index (χ2v) is 8.73. The van der Waals surface area contributed by atoms with E-state index in [-0.39, 0.29) is 17.7 Å². The number of aliphatic hydroxyl groups is 1. The highest BCUT2D eigenvalue weighted by atomic mass is 16.5. The number of hydrogen-bond donors (Lipinski definition) is 1. The SMILES string of the molecule is COCCCOc1cc2c(cc1OC)[C@H]1C[C@@H](O)[C@H](OC(C)(C)C)CN1CC2. The Hall–Kier alpha value is -1.34. The molecule has 158 valence electrons. The number of ether oxygens (including phenoxy) is 4. The van der Waals surface area contributed by atoms with Crippen LogP contribution in [0.2, 0.25) is 0 Å². The number of aliphatic hydroxyl groups excluding tert-OH is 1. The number of nitrogens with zero attached hydrogens (tertiary/aromatic N) is 1. The van der Waals surface area contributed by atoms with Gasteiger partial charge in [-0.1, -0.05) is 0 Å². The Balaban J connectivity index is 1.76. The van der Waals surface area contributed by atoms with E-state index in [0.29, 0.717) is 19.6 Å². The van der Waals surface area contributed by atoms with Crippen LogP contribution in [-0.2, 0) is 15.9 Å². The molecule has 1 aromatic carbocycles. The van der Waals surface area contributed by atoms with Gasteiger partial charge in [0.1, 0.15) is 0 Å². The van der Waals surface area contributed by atoms with Crippen LogP contribution >= 0.6 is 0 Å². The van der Waals surface area contributed by atoms with Gasteiger partial charge in [-0.3, -0.25) is 4.90 Å². The van der Waals surface area contributed by atoms with Crippen molar-refractivity contribution in [2.75, 3.05) is 40.5 Å². The van der Waals surface area contributed by atoms with Gasteiger partial charge in [0, 0.05) is 39.3 Å². The molecule has 1 saturated heterocycles. The molecule has 3 rings (SSSR count). The van der Waals surface area contributed by atoms with E-state index in [0.717, 1.165) is 37.4 Å². The van der Waals surface area contributed by atoms with Crippen LogP contribution in [-0.4, -0.2) is 68.3 Å². The van der Waals surface area contributed by atoms with Crippen molar-refractivity contribution in [2.24, 2.45) is 0 Å². The average molecular weight is 394 g/mol. The van der Waals surface area contributed by atoms with Crippen LogP contribution in [0.5, 0.6) is 11.5 Å². The highest BCUT2D eigenvalue weighted by Gasteiger charge is 2.40. The van der Waals surface area contributed by atoms with E-state index < -0.39 is 6.10 Å². The molecule has 2 aliphatic rings. The van der Waals surface area contributed by atoms with Crippen molar-refractivity contribution in [1.29, 1.82) is 0 Å². The first-order valence-corrected chi connectivity index (χ1v) is 10.2. The number of methoxy groups -OCH3 is 2. The van der Waals surface area contributed by atoms with E-state index in [1.54, 1.807) is 14.2 Å². The van der Waals surface area contributed by atoms with Crippen LogP contribution in [0.15, 0.2) is 12.1 Å². The number of hydrogen-bond acceptors (Lipinski definition) is 6. The highest BCUT2D eigenvalue weighted by Crippen LogP contribution is 2.42. The Morgan fingerprint density at radius 3 is 2.61 bits per heavy atom. The maximum atomic E-state index is 10.7. The average Bonchev–Trinajstić information content (AvgIpc) is 2.64. The number of rotatable bonds is 7. The molecular formula is C22H35NO5. The molecule has 0 aromatic heterocycles. The van der Waals surface area contributed by atoms with Crippen LogP contribution in [0, 0.1) is 0 Å². The van der Waals surface area contributed by atoms with Gasteiger partial charge < -0.3 is 24.1 Å². The lowest BCUT2D eigenvalue weighted by atomic mass is 9.84. The largest absolute Gasteiger partial charge is 0.493 e. The molecule has 1 fully saturated rings. The molecule has 1 aromatic rings. The zero-order valence-corrected chi connectivity index (χ0v) is 17.9. The molecule has 0 saturated carbocycles. The van der Waals surface area contributed by atoms with E-state index in [2.05, 4.69) is 17.0 Å². The summed E-state index contributed by atoms with van der Waals surface area (Å²) in [6.45, 7) is 9.11. The summed E-state index contributed by atoms with van der Waals surface area (Å²) in [4.78, 5) is 2.43. The maximum absolute atomic E-state index is 10.7. The van der Waals surface area contributed by atoms with Crippen LogP contribution in [0.3, 0.4) is 0 Å². The first kappa shape index (κ1) is 21.4. The third kappa shape index (κ3) is 4.98. The van der Waals surface area contributed by atoms with Crippen LogP contribution in [0.25, 0.3) is 0 Å². The molecule has 0 bridgehead atoms. The summed E-state index contributed by atoms with van der Waals surface area (Å²) in [6.07, 6.45) is 1.85. The molecule has 28 heavy (non-hydrogen) atoms. The van der Waals surface area contributed by atoms with Crippen LogP contribution in [0.1, 0.15) is 50.8 Å². The minimum absolute atomic E-state index is 0.150. The molecule has 0 radical (unpaired) electrons. The van der Waals surface area contributed by atoms with Gasteiger partial charge in [0.05, 0.1) is 31.5 Å². The van der Waals surface area contributed by atoms with Gasteiger partial charge >= 0.3 is 0 Å². The Morgan fingerprint density at radius 1 is 1.14 bits per heavy atom. The number of piperidine rings is 1. The second-order valence-electron chi connectivity index (χ2n) is 8.73. The van der Waals surface area contributed by atoms with Crippen molar-refractivity contribution in [3.05, 3.63) is 23.3 Å². The van der Waals surface area contributed by atoms with Gasteiger partial charge in [0.2, 0.25) is 0 Å². The first-order chi connectivity index (χ1) is 13.3. The molecule has 0 unspecified atom stereocenters. The Bertz CT molecular complexity index is 657. The molecule has 0 amide bonds. The van der Waals surface area contributed by atoms with E-state index >= 15 is 0 Å². The minimum Gasteiger partial charge on any atom is -0.493 e. The van der Waals surface area contributed by atoms with Gasteiger partial charge in [-0.15, -0.1) is 0 Å². The summed E-state index contributed by atoms with van der Waals surface area (Å²) in [5.41, 5.74) is 2.26. The lowest BCUT2D eigenvalue weighted by Gasteiger charge is -2.46. The zero-order valence-electron chi connectivity index (χ0n) is 17.9. The van der Waals surface area contributed by atoms with Gasteiger partial charge in [-0.2, -0.15) is 0 Å². The van der Waals surface area contributed by atoms with Crippen molar-refractivity contribution < 1.29 is 24.1 Å². The summed E-state index contributed by atoms with van der Waals surface area (Å²) in [7, 11) is 3.37. The molecule has 2 heterocycles. The van der Waals surface area contributed by atoms with E-state index in [9.17, 15) is 5.11 Å². The van der Waals surface area contributed by atoms with Crippen molar-refractivity contribution >= 4 is 0 Å². The van der Waals surface area contributed by atoms with Crippen LogP contribution < -0.4 is 9.47 Å². The summed E-state index contributed by atoms with van der Waals surface area (Å²) >= 11 is 0. The lowest BCUT2D eigenvalue weighted by Crippen LogP contribution is -2.53. The lowest BCUT2D eigenvalue weighted by molar-refractivity contribution is -0.149. The van der Waals surface area contributed by atoms with E-state index in [1.807, 2.05) is 20.8 Å². The number of benzene rings is 1. The summed E-state index contributed by atoms with van der Waals surface area (Å²) in [5.74, 6) is 1.54. The van der Waals surface area contributed by atoms with Gasteiger partial charge in [0.15, 0.2) is 11.5 Å². The van der Waals surface area contributed by atoms with Gasteiger partial charge in [-0.05, 0) is 56.9 Å². The first-order valence-electron chi connectivity index (χ1n) is 10.2. The molecule has 3 atom stereocenters. The second kappa shape index (κ2) is 8.99. The third-order valence-corrected chi connectivity index (χ3v) is 5.46. The minimum atomic E-state index is -0.470. The fourth-order valence-corrected chi connectivity index (χ4v) is 4.22. The summed E-state index contributed by atoms with van der Waals surface area (Å²) in [6, 6.07) is 4.40. The molecule has 6 heteroatoms. The van der Waals surface area contributed by atoms with E-state index in [1.165, 1.54) is 11.1 Å². The highest BCUT2D eigenvalue weighted by molar-refractivity contribution is 5.49. The van der Waals surface area contributed by atoms with Crippen molar-refractivity contribution in [1.82, 2.24) is 4.90 Å². The van der Waals surface area contributed by atoms with Gasteiger partial charge in [-0.25, -0.2) is 0 Å². The standard InChI is InChI=1S/C22H35NO5/c1-22(2,3)28-21-14-23-8-7-15-11-20(27-10-6-9-25-4)19(26-5)12-16(15)17(23)13-18(21)24/h11-12,17-18,21,24H,6-10,13-14H2,1-5H3/t17-,18-,21-/m1/s1. The predicted molar refractivity (Wildman–Crippen MR) is 108 cm³/mol. The van der Waals surface area contributed by atoms with Gasteiger partial charge in [0.25, 0.3) is 0 Å². The normalized spacial score (nSPS) is 25.1. The molecule has 0 aliphatic carbocycles. The molecular weight excluding hydrogens is 358 g/mol. The van der Waals surface area contributed by atoms with Crippen molar-refractivity contribution in [3.8, 4) is 11.5 Å². The van der Waals surface area contributed by atoms with Crippen molar-refractivity contribution in [3.63, 3.8) is 0 Å². The fourth-order valence-electron chi connectivity index (χ4n) is 4.22.